The van der Waals surface area contributed by atoms with E-state index >= 15 is 0 Å². The minimum absolute atomic E-state index is 0.0321. The molecule has 32 heavy (non-hydrogen) atoms. The summed E-state index contributed by atoms with van der Waals surface area (Å²) < 4.78 is 5.31. The van der Waals surface area contributed by atoms with Crippen LogP contribution < -0.4 is 9.80 Å². The number of nitro groups is 2. The van der Waals surface area contributed by atoms with E-state index in [2.05, 4.69) is 4.90 Å². The number of piperazine rings is 1. The van der Waals surface area contributed by atoms with Crippen LogP contribution in [0.3, 0.4) is 0 Å². The second-order valence-corrected chi connectivity index (χ2v) is 7.61. The summed E-state index contributed by atoms with van der Waals surface area (Å²) in [5, 5.41) is 22.5. The van der Waals surface area contributed by atoms with Gasteiger partial charge in [0.2, 0.25) is 0 Å². The Morgan fingerprint density at radius 1 is 0.812 bits per heavy atom. The molecule has 0 atom stereocenters. The molecule has 0 N–H and O–H groups in total. The van der Waals surface area contributed by atoms with Crippen LogP contribution in [-0.2, 0) is 4.74 Å². The maximum Gasteiger partial charge on any atom is 0.293 e. The van der Waals surface area contributed by atoms with E-state index in [1.54, 1.807) is 29.2 Å². The minimum Gasteiger partial charge on any atom is -0.378 e. The fourth-order valence-electron chi connectivity index (χ4n) is 4.01. The van der Waals surface area contributed by atoms with Gasteiger partial charge in [-0.25, -0.2) is 0 Å². The lowest BCUT2D eigenvalue weighted by Gasteiger charge is -2.36. The highest BCUT2D eigenvalue weighted by Crippen LogP contribution is 2.30. The Balaban J connectivity index is 1.44. The molecule has 1 amide bonds. The van der Waals surface area contributed by atoms with E-state index < -0.39 is 9.85 Å². The third kappa shape index (κ3) is 4.47. The predicted molar refractivity (Wildman–Crippen MR) is 117 cm³/mol. The topological polar surface area (TPSA) is 122 Å². The van der Waals surface area contributed by atoms with Crippen molar-refractivity contribution >= 4 is 28.7 Å². The number of hydrogen-bond acceptors (Lipinski definition) is 8. The van der Waals surface area contributed by atoms with Crippen LogP contribution in [0.15, 0.2) is 42.5 Å². The average Bonchev–Trinajstić information content (AvgIpc) is 2.84. The molecule has 11 heteroatoms. The number of rotatable bonds is 5. The molecule has 2 aliphatic heterocycles. The lowest BCUT2D eigenvalue weighted by molar-refractivity contribution is -0.384. The number of carbonyl (C=O) groups excluding carboxylic acids is 1. The molecule has 2 saturated heterocycles. The van der Waals surface area contributed by atoms with Crippen molar-refractivity contribution in [3.8, 4) is 0 Å². The van der Waals surface area contributed by atoms with E-state index in [4.69, 9.17) is 4.74 Å². The second kappa shape index (κ2) is 9.18. The molecule has 168 valence electrons. The van der Waals surface area contributed by atoms with Crippen LogP contribution in [0.1, 0.15) is 10.4 Å². The Labute approximate surface area is 184 Å². The Morgan fingerprint density at radius 2 is 1.47 bits per heavy atom. The molecule has 0 bridgehead atoms. The number of nitro benzene ring substituents is 2. The van der Waals surface area contributed by atoms with Crippen molar-refractivity contribution in [2.45, 2.75) is 0 Å². The minimum atomic E-state index is -0.450. The van der Waals surface area contributed by atoms with Gasteiger partial charge in [-0.05, 0) is 24.3 Å². The number of ether oxygens (including phenoxy) is 1. The van der Waals surface area contributed by atoms with Gasteiger partial charge in [0.15, 0.2) is 0 Å². The van der Waals surface area contributed by atoms with Crippen molar-refractivity contribution in [3.63, 3.8) is 0 Å². The van der Waals surface area contributed by atoms with E-state index in [-0.39, 0.29) is 22.8 Å². The lowest BCUT2D eigenvalue weighted by Crippen LogP contribution is -2.48. The van der Waals surface area contributed by atoms with Gasteiger partial charge in [0.1, 0.15) is 5.69 Å². The number of non-ortho nitro benzene ring substituents is 1. The van der Waals surface area contributed by atoms with Crippen LogP contribution in [0.4, 0.5) is 22.7 Å². The smallest absolute Gasteiger partial charge is 0.293 e. The molecule has 2 aromatic carbocycles. The molecule has 2 aliphatic rings. The monoisotopic (exact) mass is 441 g/mol. The fourth-order valence-corrected chi connectivity index (χ4v) is 4.01. The van der Waals surface area contributed by atoms with Gasteiger partial charge in [0, 0.05) is 68.7 Å². The Kier molecular flexibility index (Phi) is 6.17. The zero-order valence-electron chi connectivity index (χ0n) is 17.4. The molecule has 2 aromatic rings. The molecule has 0 unspecified atom stereocenters. The van der Waals surface area contributed by atoms with Crippen molar-refractivity contribution in [3.05, 3.63) is 68.3 Å². The SMILES string of the molecule is O=C(c1ccc(N2CCOCC2)c([N+](=O)[O-])c1)N1CCN(c2ccc([N+](=O)[O-])cc2)CC1. The number of nitrogens with zero attached hydrogens (tertiary/aromatic N) is 5. The van der Waals surface area contributed by atoms with Crippen molar-refractivity contribution in [2.75, 3.05) is 62.3 Å². The number of amides is 1. The van der Waals surface area contributed by atoms with Crippen LogP contribution in [-0.4, -0.2) is 73.1 Å². The first kappa shape index (κ1) is 21.5. The molecule has 0 saturated carbocycles. The molecule has 0 radical (unpaired) electrons. The van der Waals surface area contributed by atoms with Gasteiger partial charge in [-0.15, -0.1) is 0 Å². The standard InChI is InChI=1S/C21H23N5O6/c27-21(16-1-6-19(20(15-16)26(30)31)23-11-13-32-14-12-23)24-9-7-22(8-10-24)17-2-4-18(5-3-17)25(28)29/h1-6,15H,7-14H2. The number of hydrogen-bond donors (Lipinski definition) is 0. The molecular weight excluding hydrogens is 418 g/mol. The van der Waals surface area contributed by atoms with Crippen LogP contribution in [0.2, 0.25) is 0 Å². The van der Waals surface area contributed by atoms with Crippen molar-refractivity contribution in [1.29, 1.82) is 0 Å². The van der Waals surface area contributed by atoms with Gasteiger partial charge in [-0.3, -0.25) is 25.0 Å². The Hall–Kier alpha value is -3.73. The molecule has 0 aliphatic carbocycles. The lowest BCUT2D eigenvalue weighted by atomic mass is 10.1. The number of morpholine rings is 1. The maximum atomic E-state index is 13.0. The van der Waals surface area contributed by atoms with Gasteiger partial charge < -0.3 is 19.4 Å². The van der Waals surface area contributed by atoms with Crippen LogP contribution >= 0.6 is 0 Å². The molecule has 4 rings (SSSR count). The summed E-state index contributed by atoms with van der Waals surface area (Å²) in [4.78, 5) is 40.2. The van der Waals surface area contributed by atoms with Gasteiger partial charge >= 0.3 is 0 Å². The van der Waals surface area contributed by atoms with E-state index in [0.717, 1.165) is 5.69 Å². The largest absolute Gasteiger partial charge is 0.378 e. The van der Waals surface area contributed by atoms with E-state index in [1.807, 2.05) is 4.90 Å². The van der Waals surface area contributed by atoms with Crippen LogP contribution in [0, 0.1) is 20.2 Å². The van der Waals surface area contributed by atoms with Crippen molar-refractivity contribution in [2.24, 2.45) is 0 Å². The second-order valence-electron chi connectivity index (χ2n) is 7.61. The zero-order chi connectivity index (χ0) is 22.7. The van der Waals surface area contributed by atoms with E-state index in [9.17, 15) is 25.0 Å². The first-order valence-corrected chi connectivity index (χ1v) is 10.3. The first-order chi connectivity index (χ1) is 15.4. The van der Waals surface area contributed by atoms with Crippen LogP contribution in [0.5, 0.6) is 0 Å². The normalized spacial score (nSPS) is 16.7. The predicted octanol–water partition coefficient (Wildman–Crippen LogP) is 2.30. The van der Waals surface area contributed by atoms with Gasteiger partial charge in [-0.2, -0.15) is 0 Å². The zero-order valence-corrected chi connectivity index (χ0v) is 17.4. The van der Waals surface area contributed by atoms with Gasteiger partial charge in [0.25, 0.3) is 17.3 Å². The van der Waals surface area contributed by atoms with Gasteiger partial charge in [-0.1, -0.05) is 0 Å². The molecule has 0 aromatic heterocycles. The number of carbonyl (C=O) groups is 1. The Morgan fingerprint density at radius 3 is 2.06 bits per heavy atom. The fraction of sp³-hybridized carbons (Fsp3) is 0.381. The Bertz CT molecular complexity index is 1010. The summed E-state index contributed by atoms with van der Waals surface area (Å²) in [7, 11) is 0. The molecule has 2 heterocycles. The van der Waals surface area contributed by atoms with Crippen molar-refractivity contribution < 1.29 is 19.4 Å². The summed E-state index contributed by atoms with van der Waals surface area (Å²) in [6, 6.07) is 11.0. The van der Waals surface area contributed by atoms with E-state index in [0.29, 0.717) is 58.2 Å². The number of benzene rings is 2. The quantitative estimate of drug-likeness (QED) is 0.512. The molecule has 0 spiro atoms. The molecular formula is C21H23N5O6. The molecule has 11 nitrogen and oxygen atoms in total. The summed E-state index contributed by atoms with van der Waals surface area (Å²) in [6.07, 6.45) is 0. The summed E-state index contributed by atoms with van der Waals surface area (Å²) >= 11 is 0. The maximum absolute atomic E-state index is 13.0. The summed E-state index contributed by atoms with van der Waals surface area (Å²) in [6.45, 7) is 4.20. The highest BCUT2D eigenvalue weighted by atomic mass is 16.6. The third-order valence-electron chi connectivity index (χ3n) is 5.76. The number of anilines is 2. The first-order valence-electron chi connectivity index (χ1n) is 10.3. The summed E-state index contributed by atoms with van der Waals surface area (Å²) in [5.41, 5.74) is 1.59. The van der Waals surface area contributed by atoms with Gasteiger partial charge in [0.05, 0.1) is 23.1 Å². The van der Waals surface area contributed by atoms with Crippen LogP contribution in [0.25, 0.3) is 0 Å². The highest BCUT2D eigenvalue weighted by molar-refractivity contribution is 5.96. The third-order valence-corrected chi connectivity index (χ3v) is 5.76. The van der Waals surface area contributed by atoms with Crippen molar-refractivity contribution in [1.82, 2.24) is 4.90 Å². The average molecular weight is 441 g/mol. The summed E-state index contributed by atoms with van der Waals surface area (Å²) in [5.74, 6) is -0.245. The molecule has 2 fully saturated rings. The highest BCUT2D eigenvalue weighted by Gasteiger charge is 2.27. The van der Waals surface area contributed by atoms with E-state index in [1.165, 1.54) is 18.2 Å².